The molecule has 134 valence electrons. The number of anilines is 1. The predicted molar refractivity (Wildman–Crippen MR) is 76.5 cm³/mol. The molecule has 0 saturated carbocycles. The van der Waals surface area contributed by atoms with Crippen LogP contribution in [0.25, 0.3) is 0 Å². The summed E-state index contributed by atoms with van der Waals surface area (Å²) in [6.45, 7) is -0.669. The second-order valence-electron chi connectivity index (χ2n) is 4.89. The van der Waals surface area contributed by atoms with Gasteiger partial charge in [-0.15, -0.1) is 0 Å². The summed E-state index contributed by atoms with van der Waals surface area (Å²) in [5.41, 5.74) is -0.941. The molecule has 1 unspecified atom stereocenters. The molecule has 0 spiro atoms. The van der Waals surface area contributed by atoms with Gasteiger partial charge in [-0.25, -0.2) is 18.1 Å². The van der Waals surface area contributed by atoms with Gasteiger partial charge < -0.3 is 14.9 Å². The number of carbonyl (C=O) groups excluding carboxylic acids is 1. The van der Waals surface area contributed by atoms with E-state index < -0.39 is 44.7 Å². The average Bonchev–Trinajstić information content (AvgIpc) is 2.80. The van der Waals surface area contributed by atoms with Crippen molar-refractivity contribution in [1.29, 1.82) is 0 Å². The lowest BCUT2D eigenvalue weighted by Gasteiger charge is -2.20. The normalized spacial score (nSPS) is 25.0. The van der Waals surface area contributed by atoms with Crippen LogP contribution in [-0.4, -0.2) is 46.5 Å². The van der Waals surface area contributed by atoms with Crippen molar-refractivity contribution < 1.29 is 32.3 Å². The number of ether oxygens (including phenoxy) is 1. The van der Waals surface area contributed by atoms with Crippen LogP contribution in [0.4, 0.5) is 14.6 Å². The van der Waals surface area contributed by atoms with E-state index >= 15 is 0 Å². The Hall–Kier alpha value is -1.88. The van der Waals surface area contributed by atoms with E-state index in [1.165, 1.54) is 18.2 Å². The van der Waals surface area contributed by atoms with Crippen molar-refractivity contribution in [3.05, 3.63) is 22.7 Å². The molecule has 0 radical (unpaired) electrons. The van der Waals surface area contributed by atoms with Crippen molar-refractivity contribution in [1.82, 2.24) is 14.6 Å². The zero-order chi connectivity index (χ0) is 18.0. The third-order valence-corrected chi connectivity index (χ3v) is 4.10. The van der Waals surface area contributed by atoms with Gasteiger partial charge in [0, 0.05) is 19.7 Å². The predicted octanol–water partition coefficient (Wildman–Crippen LogP) is 0.0708. The number of nitrogens with one attached hydrogen (secondary N) is 2. The summed E-state index contributed by atoms with van der Waals surface area (Å²) >= 11 is 0. The summed E-state index contributed by atoms with van der Waals surface area (Å²) in [6.07, 6.45) is -2.96. The third-order valence-electron chi connectivity index (χ3n) is 3.17. The lowest BCUT2D eigenvalue weighted by Crippen LogP contribution is -2.35. The Morgan fingerprint density at radius 2 is 2.38 bits per heavy atom. The average molecular weight is 368 g/mol. The zero-order valence-electron chi connectivity index (χ0n) is 12.4. The largest absolute Gasteiger partial charge is 0.432 e. The number of alkyl halides is 2. The van der Waals surface area contributed by atoms with Crippen molar-refractivity contribution in [2.45, 2.75) is 24.7 Å². The maximum absolute atomic E-state index is 14.1. The molecule has 0 aromatic carbocycles. The summed E-state index contributed by atoms with van der Waals surface area (Å²) in [5.74, 6) is -3.21. The van der Waals surface area contributed by atoms with E-state index in [0.717, 1.165) is 6.20 Å². The van der Waals surface area contributed by atoms with Crippen LogP contribution in [0.2, 0.25) is 0 Å². The molecule has 10 nitrogen and oxygen atoms in total. The first-order valence-corrected chi connectivity index (χ1v) is 8.25. The van der Waals surface area contributed by atoms with Crippen LogP contribution in [0.15, 0.2) is 17.1 Å². The van der Waals surface area contributed by atoms with Crippen molar-refractivity contribution in [3.8, 4) is 0 Å². The van der Waals surface area contributed by atoms with E-state index in [1.807, 2.05) is 0 Å². The van der Waals surface area contributed by atoms with Gasteiger partial charge in [0.2, 0.25) is 12.6 Å². The van der Waals surface area contributed by atoms with Crippen LogP contribution in [0.5, 0.6) is 0 Å². The van der Waals surface area contributed by atoms with Crippen molar-refractivity contribution in [2.24, 2.45) is 0 Å². The number of amides is 1. The molecule has 1 aliphatic rings. The molecule has 1 fully saturated rings. The molecule has 0 bridgehead atoms. The number of halogens is 2. The molecule has 1 aliphatic heterocycles. The number of carbonyl (C=O) groups is 1. The van der Waals surface area contributed by atoms with E-state index in [1.54, 1.807) is 0 Å². The molecule has 24 heavy (non-hydrogen) atoms. The van der Waals surface area contributed by atoms with E-state index in [-0.39, 0.29) is 12.2 Å². The van der Waals surface area contributed by atoms with Crippen molar-refractivity contribution in [2.75, 3.05) is 19.0 Å². The topological polar surface area (TPSA) is 132 Å². The Balaban J connectivity index is 2.12. The Kier molecular flexibility index (Phi) is 5.33. The molecule has 1 aromatic heterocycles. The minimum atomic E-state index is -4.43. The van der Waals surface area contributed by atoms with Gasteiger partial charge in [-0.05, 0) is 6.07 Å². The summed E-state index contributed by atoms with van der Waals surface area (Å²) in [6, 6.07) is 1.32. The van der Waals surface area contributed by atoms with Gasteiger partial charge >= 0.3 is 13.4 Å². The Labute approximate surface area is 134 Å². The van der Waals surface area contributed by atoms with Crippen LogP contribution >= 0.6 is 7.75 Å². The summed E-state index contributed by atoms with van der Waals surface area (Å²) < 4.78 is 49.7. The fraction of sp³-hybridized carbons (Fsp3) is 0.545. The number of hydrogen-bond donors (Lipinski definition) is 3. The molecule has 1 saturated heterocycles. The third kappa shape index (κ3) is 4.15. The summed E-state index contributed by atoms with van der Waals surface area (Å²) in [5, 5.41) is 4.12. The first-order chi connectivity index (χ1) is 11.2. The van der Waals surface area contributed by atoms with E-state index in [2.05, 4.69) is 14.8 Å². The van der Waals surface area contributed by atoms with E-state index in [0.29, 0.717) is 4.57 Å². The fourth-order valence-electron chi connectivity index (χ4n) is 2.12. The first-order valence-electron chi connectivity index (χ1n) is 6.67. The second kappa shape index (κ2) is 6.93. The lowest BCUT2D eigenvalue weighted by molar-refractivity contribution is -0.119. The van der Waals surface area contributed by atoms with Crippen molar-refractivity contribution >= 4 is 20.0 Å². The highest BCUT2D eigenvalue weighted by molar-refractivity contribution is 7.51. The molecule has 2 heterocycles. The second-order valence-corrected chi connectivity index (χ2v) is 6.45. The quantitative estimate of drug-likeness (QED) is 0.455. The Morgan fingerprint density at radius 3 is 2.96 bits per heavy atom. The first kappa shape index (κ1) is 18.5. The smallest absolute Gasteiger partial charge is 0.373 e. The fourth-order valence-corrected chi connectivity index (χ4v) is 2.70. The van der Waals surface area contributed by atoms with Gasteiger partial charge in [-0.1, -0.05) is 0 Å². The molecule has 0 aliphatic carbocycles. The minimum absolute atomic E-state index is 0.0533. The highest BCUT2D eigenvalue weighted by atomic mass is 31.2. The van der Waals surface area contributed by atoms with E-state index in [4.69, 9.17) is 9.63 Å². The number of rotatable bonds is 7. The summed E-state index contributed by atoms with van der Waals surface area (Å²) in [7, 11) is -2.92. The molecule has 1 aromatic rings. The monoisotopic (exact) mass is 368 g/mol. The number of hydrogen-bond acceptors (Lipinski definition) is 7. The van der Waals surface area contributed by atoms with Gasteiger partial charge in [0.05, 0.1) is 12.7 Å². The lowest BCUT2D eigenvalue weighted by atomic mass is 10.2. The SMILES string of the molecule is CNc1ccn([C@@H]2O[C@H](COP(=O)(O)NC=O)CC2(F)F)c(=O)n1. The van der Waals surface area contributed by atoms with Crippen LogP contribution in [0.3, 0.4) is 0 Å². The number of nitrogens with zero attached hydrogens (tertiary/aromatic N) is 2. The Bertz CT molecular complexity index is 714. The highest BCUT2D eigenvalue weighted by Crippen LogP contribution is 2.44. The molecule has 13 heteroatoms. The van der Waals surface area contributed by atoms with Gasteiger partial charge in [0.25, 0.3) is 5.92 Å². The Morgan fingerprint density at radius 1 is 1.67 bits per heavy atom. The molecule has 3 N–H and O–H groups in total. The number of aromatic nitrogens is 2. The maximum Gasteiger partial charge on any atom is 0.432 e. The molecular formula is C11H15F2N4O6P. The van der Waals surface area contributed by atoms with Crippen LogP contribution < -0.4 is 16.1 Å². The van der Waals surface area contributed by atoms with Crippen LogP contribution in [0.1, 0.15) is 12.6 Å². The molecule has 1 amide bonds. The van der Waals surface area contributed by atoms with Crippen LogP contribution in [-0.2, 0) is 18.6 Å². The minimum Gasteiger partial charge on any atom is -0.373 e. The molecule has 2 rings (SSSR count). The molecule has 3 atom stereocenters. The van der Waals surface area contributed by atoms with Gasteiger partial charge in [0.15, 0.2) is 0 Å². The van der Waals surface area contributed by atoms with Crippen LogP contribution in [0, 0.1) is 0 Å². The highest BCUT2D eigenvalue weighted by Gasteiger charge is 2.52. The summed E-state index contributed by atoms with van der Waals surface area (Å²) in [4.78, 5) is 34.7. The van der Waals surface area contributed by atoms with E-state index in [9.17, 15) is 22.9 Å². The standard InChI is InChI=1S/C11H15F2N4O6P/c1-14-8-2-3-17(10(19)16-8)9-11(12,13)4-7(23-9)5-22-24(20,21)15-6-18/h2-3,6-7,9H,4-5H2,1H3,(H,14,16,19)(H2,15,18,20,21)/t7-,9+/m0/s1. The zero-order valence-corrected chi connectivity index (χ0v) is 13.3. The van der Waals surface area contributed by atoms with Gasteiger partial charge in [-0.3, -0.25) is 19.0 Å². The van der Waals surface area contributed by atoms with Crippen molar-refractivity contribution in [3.63, 3.8) is 0 Å². The maximum atomic E-state index is 14.1. The molecular weight excluding hydrogens is 353 g/mol. The van der Waals surface area contributed by atoms with Gasteiger partial charge in [-0.2, -0.15) is 4.98 Å². The van der Waals surface area contributed by atoms with Gasteiger partial charge in [0.1, 0.15) is 5.82 Å².